The SMILES string of the molecule is FC(F)(F)c1cnc(N[C@@H]2CCC[C@H](c3nnc4cc(-c5cccnc5)ccn34)C2)nc1OC1COC1. The van der Waals surface area contributed by atoms with Crippen molar-refractivity contribution >= 4 is 11.6 Å². The Hall–Kier alpha value is -3.80. The number of rotatable bonds is 6. The van der Waals surface area contributed by atoms with Gasteiger partial charge in [0.15, 0.2) is 5.65 Å². The molecule has 1 aliphatic heterocycles. The minimum atomic E-state index is -4.61. The van der Waals surface area contributed by atoms with Crippen LogP contribution in [0.25, 0.3) is 16.8 Å². The second-order valence-electron chi connectivity index (χ2n) is 9.34. The fourth-order valence-electron chi connectivity index (χ4n) is 4.80. The molecule has 6 rings (SSSR count). The summed E-state index contributed by atoms with van der Waals surface area (Å²) in [7, 11) is 0. The van der Waals surface area contributed by atoms with E-state index in [4.69, 9.17) is 9.47 Å². The van der Waals surface area contributed by atoms with Crippen molar-refractivity contribution in [3.8, 4) is 17.0 Å². The van der Waals surface area contributed by atoms with Crippen molar-refractivity contribution < 1.29 is 22.6 Å². The maximum absolute atomic E-state index is 13.4. The first-order valence-electron chi connectivity index (χ1n) is 12.1. The van der Waals surface area contributed by atoms with Crippen molar-refractivity contribution in [1.82, 2.24) is 29.5 Å². The average molecular weight is 512 g/mol. The molecule has 12 heteroatoms. The lowest BCUT2D eigenvalue weighted by Gasteiger charge is -2.29. The van der Waals surface area contributed by atoms with Crippen LogP contribution in [0, 0.1) is 0 Å². The van der Waals surface area contributed by atoms with E-state index in [1.54, 1.807) is 12.4 Å². The van der Waals surface area contributed by atoms with Crippen LogP contribution in [-0.2, 0) is 10.9 Å². The molecule has 2 fully saturated rings. The third-order valence-electron chi connectivity index (χ3n) is 6.75. The molecule has 0 unspecified atom stereocenters. The van der Waals surface area contributed by atoms with Crippen LogP contribution >= 0.6 is 0 Å². The minimum Gasteiger partial charge on any atom is -0.469 e. The molecule has 1 N–H and O–H groups in total. The van der Waals surface area contributed by atoms with Gasteiger partial charge in [-0.1, -0.05) is 12.5 Å². The molecule has 4 aromatic rings. The first-order chi connectivity index (χ1) is 17.9. The fraction of sp³-hybridized carbons (Fsp3) is 0.400. The van der Waals surface area contributed by atoms with E-state index in [0.29, 0.717) is 0 Å². The molecule has 0 amide bonds. The van der Waals surface area contributed by atoms with E-state index < -0.39 is 23.7 Å². The summed E-state index contributed by atoms with van der Waals surface area (Å²) in [6.07, 6.45) is 4.66. The number of hydrogen-bond donors (Lipinski definition) is 1. The molecule has 1 saturated heterocycles. The molecule has 4 aromatic heterocycles. The lowest BCUT2D eigenvalue weighted by Crippen LogP contribution is -2.39. The number of aromatic nitrogens is 6. The van der Waals surface area contributed by atoms with Gasteiger partial charge in [0, 0.05) is 42.3 Å². The number of pyridine rings is 2. The summed E-state index contributed by atoms with van der Waals surface area (Å²) in [6, 6.07) is 7.85. The molecular weight excluding hydrogens is 487 g/mol. The summed E-state index contributed by atoms with van der Waals surface area (Å²) in [5, 5.41) is 12.1. The standard InChI is InChI=1S/C25H24F3N7O2/c26-25(27,28)20-12-30-24(32-23(20)37-19-13-36-14-19)31-18-5-1-3-16(9-18)22-34-33-21-10-15(6-8-35(21)22)17-4-2-7-29-11-17/h2,4,6-8,10-12,16,18-19H,1,3,5,9,13-14H2,(H,30,31,32)/t16-,18+/m0/s1. The summed E-state index contributed by atoms with van der Waals surface area (Å²) >= 11 is 0. The molecule has 37 heavy (non-hydrogen) atoms. The maximum atomic E-state index is 13.4. The van der Waals surface area contributed by atoms with Crippen LogP contribution in [0.1, 0.15) is 43.0 Å². The Morgan fingerprint density at radius 3 is 2.73 bits per heavy atom. The maximum Gasteiger partial charge on any atom is 0.423 e. The van der Waals surface area contributed by atoms with E-state index in [1.807, 2.05) is 34.9 Å². The number of nitrogens with one attached hydrogen (secondary N) is 1. The van der Waals surface area contributed by atoms with Crippen molar-refractivity contribution in [1.29, 1.82) is 0 Å². The summed E-state index contributed by atoms with van der Waals surface area (Å²) in [6.45, 7) is 0.481. The first-order valence-corrected chi connectivity index (χ1v) is 12.1. The topological polar surface area (TPSA) is 99.4 Å². The second-order valence-corrected chi connectivity index (χ2v) is 9.34. The lowest BCUT2D eigenvalue weighted by atomic mass is 9.85. The van der Waals surface area contributed by atoms with Gasteiger partial charge in [0.25, 0.3) is 0 Å². The van der Waals surface area contributed by atoms with Crippen molar-refractivity contribution in [3.63, 3.8) is 0 Å². The van der Waals surface area contributed by atoms with Crippen LogP contribution in [0.2, 0.25) is 0 Å². The molecule has 0 radical (unpaired) electrons. The Bertz CT molecular complexity index is 1390. The molecule has 2 atom stereocenters. The van der Waals surface area contributed by atoms with Crippen molar-refractivity contribution in [2.45, 2.75) is 49.9 Å². The Morgan fingerprint density at radius 2 is 1.97 bits per heavy atom. The smallest absolute Gasteiger partial charge is 0.423 e. The first kappa shape index (κ1) is 23.6. The highest BCUT2D eigenvalue weighted by Crippen LogP contribution is 2.37. The van der Waals surface area contributed by atoms with E-state index in [1.165, 1.54) is 0 Å². The Morgan fingerprint density at radius 1 is 1.08 bits per heavy atom. The van der Waals surface area contributed by atoms with Crippen LogP contribution < -0.4 is 10.1 Å². The van der Waals surface area contributed by atoms with Gasteiger partial charge in [-0.05, 0) is 43.0 Å². The van der Waals surface area contributed by atoms with Crippen molar-refractivity contribution in [3.05, 3.63) is 60.4 Å². The van der Waals surface area contributed by atoms with E-state index in [9.17, 15) is 13.2 Å². The highest BCUT2D eigenvalue weighted by molar-refractivity contribution is 5.66. The normalized spacial score (nSPS) is 20.5. The lowest BCUT2D eigenvalue weighted by molar-refractivity contribution is -0.142. The molecule has 5 heterocycles. The zero-order chi connectivity index (χ0) is 25.4. The number of hydrogen-bond acceptors (Lipinski definition) is 8. The van der Waals surface area contributed by atoms with Gasteiger partial charge in [0.2, 0.25) is 11.8 Å². The number of fused-ring (bicyclic) bond motifs is 1. The summed E-state index contributed by atoms with van der Waals surface area (Å²) in [4.78, 5) is 12.2. The van der Waals surface area contributed by atoms with E-state index in [2.05, 4.69) is 30.5 Å². The van der Waals surface area contributed by atoms with E-state index in [-0.39, 0.29) is 31.1 Å². The highest BCUT2D eigenvalue weighted by Gasteiger charge is 2.38. The number of halogens is 3. The quantitative estimate of drug-likeness (QED) is 0.404. The van der Waals surface area contributed by atoms with Crippen LogP contribution in [0.5, 0.6) is 5.88 Å². The molecule has 2 aliphatic rings. The Kier molecular flexibility index (Phi) is 6.11. The third-order valence-corrected chi connectivity index (χ3v) is 6.75. The summed E-state index contributed by atoms with van der Waals surface area (Å²) in [5.74, 6) is 0.629. The monoisotopic (exact) mass is 511 g/mol. The van der Waals surface area contributed by atoms with Crippen LogP contribution in [-0.4, -0.2) is 54.9 Å². The minimum absolute atomic E-state index is 0.0302. The summed E-state index contributed by atoms with van der Waals surface area (Å²) in [5.41, 5.74) is 1.77. The third kappa shape index (κ3) is 4.93. The molecule has 0 bridgehead atoms. The van der Waals surface area contributed by atoms with Gasteiger partial charge >= 0.3 is 6.18 Å². The predicted molar refractivity (Wildman–Crippen MR) is 127 cm³/mol. The number of nitrogens with zero attached hydrogens (tertiary/aromatic N) is 6. The van der Waals surface area contributed by atoms with E-state index in [0.717, 1.165) is 54.5 Å². The van der Waals surface area contributed by atoms with Crippen LogP contribution in [0.3, 0.4) is 0 Å². The number of ether oxygens (including phenoxy) is 2. The molecule has 1 saturated carbocycles. The van der Waals surface area contributed by atoms with Gasteiger partial charge in [-0.25, -0.2) is 4.98 Å². The Balaban J connectivity index is 1.19. The Labute approximate surface area is 210 Å². The summed E-state index contributed by atoms with van der Waals surface area (Å²) < 4.78 is 52.8. The molecule has 1 aliphatic carbocycles. The molecule has 0 spiro atoms. The molecular formula is C25H24F3N7O2. The van der Waals surface area contributed by atoms with Crippen LogP contribution in [0.4, 0.5) is 19.1 Å². The number of alkyl halides is 3. The zero-order valence-corrected chi connectivity index (χ0v) is 19.7. The number of anilines is 1. The second kappa shape index (κ2) is 9.58. The van der Waals surface area contributed by atoms with Gasteiger partial charge in [-0.3, -0.25) is 9.38 Å². The van der Waals surface area contributed by atoms with Crippen molar-refractivity contribution in [2.75, 3.05) is 18.5 Å². The molecule has 192 valence electrons. The van der Waals surface area contributed by atoms with Crippen molar-refractivity contribution in [2.24, 2.45) is 0 Å². The van der Waals surface area contributed by atoms with E-state index >= 15 is 0 Å². The predicted octanol–water partition coefficient (Wildman–Crippen LogP) is 4.52. The zero-order valence-electron chi connectivity index (χ0n) is 19.7. The average Bonchev–Trinajstić information content (AvgIpc) is 3.30. The van der Waals surface area contributed by atoms with Gasteiger partial charge in [-0.2, -0.15) is 18.2 Å². The van der Waals surface area contributed by atoms with Gasteiger partial charge in [0.05, 0.1) is 13.2 Å². The van der Waals surface area contributed by atoms with Crippen LogP contribution in [0.15, 0.2) is 49.1 Å². The van der Waals surface area contributed by atoms with Gasteiger partial charge in [-0.15, -0.1) is 10.2 Å². The van der Waals surface area contributed by atoms with Gasteiger partial charge in [0.1, 0.15) is 17.5 Å². The largest absolute Gasteiger partial charge is 0.469 e. The van der Waals surface area contributed by atoms with Gasteiger partial charge < -0.3 is 14.8 Å². The fourth-order valence-corrected chi connectivity index (χ4v) is 4.80. The highest BCUT2D eigenvalue weighted by atomic mass is 19.4. The molecule has 0 aromatic carbocycles. The molecule has 9 nitrogen and oxygen atoms in total.